The summed E-state index contributed by atoms with van der Waals surface area (Å²) >= 11 is 2.22. The molecule has 0 saturated heterocycles. The summed E-state index contributed by atoms with van der Waals surface area (Å²) in [6.45, 7) is 2.43. The molecule has 15 heavy (non-hydrogen) atoms. The fourth-order valence-electron chi connectivity index (χ4n) is 1.07. The van der Waals surface area contributed by atoms with Gasteiger partial charge in [-0.3, -0.25) is 0 Å². The zero-order chi connectivity index (χ0) is 11.3. The number of sulfonamides is 1. The summed E-state index contributed by atoms with van der Waals surface area (Å²) < 4.78 is 26.9. The Balaban J connectivity index is 2.73. The van der Waals surface area contributed by atoms with Crippen LogP contribution in [0.2, 0.25) is 0 Å². The monoisotopic (exact) mass is 339 g/mol. The summed E-state index contributed by atoms with van der Waals surface area (Å²) in [6, 6.07) is 6.85. The number of aryl methyl sites for hydroxylation is 1. The van der Waals surface area contributed by atoms with E-state index in [-0.39, 0.29) is 0 Å². The largest absolute Gasteiger partial charge is 0.240 e. The normalized spacial score (nSPS) is 11.6. The van der Waals surface area contributed by atoms with Crippen LogP contribution in [0.5, 0.6) is 0 Å². The molecule has 0 aromatic heterocycles. The summed E-state index contributed by atoms with van der Waals surface area (Å²) in [5, 5.41) is 0. The van der Waals surface area contributed by atoms with Gasteiger partial charge < -0.3 is 0 Å². The SMILES string of the molecule is Cc1ccc(S(=O)(=O)NCCCI)cc1. The number of hydrogen-bond acceptors (Lipinski definition) is 2. The molecule has 5 heteroatoms. The molecule has 1 aromatic carbocycles. The maximum Gasteiger partial charge on any atom is 0.240 e. The van der Waals surface area contributed by atoms with Gasteiger partial charge in [-0.25, -0.2) is 13.1 Å². The molecule has 1 N–H and O–H groups in total. The summed E-state index contributed by atoms with van der Waals surface area (Å²) in [5.74, 6) is 0. The number of halogens is 1. The van der Waals surface area contributed by atoms with Crippen molar-refractivity contribution in [3.63, 3.8) is 0 Å². The smallest absolute Gasteiger partial charge is 0.211 e. The van der Waals surface area contributed by atoms with Gasteiger partial charge in [0.1, 0.15) is 0 Å². The fraction of sp³-hybridized carbons (Fsp3) is 0.400. The van der Waals surface area contributed by atoms with Crippen molar-refractivity contribution in [2.75, 3.05) is 11.0 Å². The molecule has 0 aliphatic heterocycles. The van der Waals surface area contributed by atoms with Crippen molar-refractivity contribution in [2.24, 2.45) is 0 Å². The standard InChI is InChI=1S/C10H14INO2S/c1-9-3-5-10(6-4-9)15(13,14)12-8-2-7-11/h3-6,12H,2,7-8H2,1H3. The highest BCUT2D eigenvalue weighted by molar-refractivity contribution is 14.1. The molecule has 3 nitrogen and oxygen atoms in total. The Labute approximate surface area is 104 Å². The van der Waals surface area contributed by atoms with Crippen molar-refractivity contribution in [3.8, 4) is 0 Å². The van der Waals surface area contributed by atoms with Crippen molar-refractivity contribution in [3.05, 3.63) is 29.8 Å². The summed E-state index contributed by atoms with van der Waals surface area (Å²) in [4.78, 5) is 0.335. The second-order valence-electron chi connectivity index (χ2n) is 3.25. The molecule has 0 atom stereocenters. The lowest BCUT2D eigenvalue weighted by atomic mass is 10.2. The number of alkyl halides is 1. The molecule has 1 rings (SSSR count). The number of rotatable bonds is 5. The molecule has 0 spiro atoms. The molecule has 0 bridgehead atoms. The first-order valence-electron chi connectivity index (χ1n) is 4.68. The van der Waals surface area contributed by atoms with Crippen molar-refractivity contribution in [2.45, 2.75) is 18.2 Å². The van der Waals surface area contributed by atoms with E-state index in [2.05, 4.69) is 27.3 Å². The predicted octanol–water partition coefficient (Wildman–Crippen LogP) is 2.10. The van der Waals surface area contributed by atoms with Gasteiger partial charge in [-0.1, -0.05) is 40.3 Å². The summed E-state index contributed by atoms with van der Waals surface area (Å²) in [6.07, 6.45) is 0.853. The van der Waals surface area contributed by atoms with Crippen LogP contribution in [0, 0.1) is 6.92 Å². The Morgan fingerprint density at radius 2 is 1.87 bits per heavy atom. The lowest BCUT2D eigenvalue weighted by Gasteiger charge is -2.05. The minimum atomic E-state index is -3.30. The van der Waals surface area contributed by atoms with E-state index in [1.807, 2.05) is 6.92 Å². The van der Waals surface area contributed by atoms with E-state index in [1.54, 1.807) is 24.3 Å². The van der Waals surface area contributed by atoms with Gasteiger partial charge in [0, 0.05) is 11.0 Å². The summed E-state index contributed by atoms with van der Waals surface area (Å²) in [5.41, 5.74) is 1.06. The number of nitrogens with one attached hydrogen (secondary N) is 1. The van der Waals surface area contributed by atoms with Crippen LogP contribution in [0.15, 0.2) is 29.2 Å². The number of benzene rings is 1. The maximum atomic E-state index is 11.7. The van der Waals surface area contributed by atoms with Crippen LogP contribution in [-0.2, 0) is 10.0 Å². The van der Waals surface area contributed by atoms with Gasteiger partial charge in [0.2, 0.25) is 10.0 Å². The van der Waals surface area contributed by atoms with Crippen LogP contribution in [0.1, 0.15) is 12.0 Å². The first-order chi connectivity index (χ1) is 7.06. The average Bonchev–Trinajstić information content (AvgIpc) is 2.18. The maximum absolute atomic E-state index is 11.7. The topological polar surface area (TPSA) is 46.2 Å². The Kier molecular flexibility index (Phi) is 5.01. The van der Waals surface area contributed by atoms with Crippen LogP contribution in [0.25, 0.3) is 0 Å². The minimum Gasteiger partial charge on any atom is -0.211 e. The molecule has 0 fully saturated rings. The molecule has 0 amide bonds. The quantitative estimate of drug-likeness (QED) is 0.507. The predicted molar refractivity (Wildman–Crippen MR) is 69.9 cm³/mol. The van der Waals surface area contributed by atoms with Gasteiger partial charge in [0.15, 0.2) is 0 Å². The Morgan fingerprint density at radius 3 is 2.40 bits per heavy atom. The highest BCUT2D eigenvalue weighted by atomic mass is 127. The van der Waals surface area contributed by atoms with Gasteiger partial charge in [0.25, 0.3) is 0 Å². The van der Waals surface area contributed by atoms with Gasteiger partial charge in [-0.05, 0) is 25.5 Å². The van der Waals surface area contributed by atoms with Crippen LogP contribution in [0.3, 0.4) is 0 Å². The van der Waals surface area contributed by atoms with Crippen molar-refractivity contribution >= 4 is 32.6 Å². The molecular formula is C10H14INO2S. The van der Waals surface area contributed by atoms with Crippen molar-refractivity contribution in [1.29, 1.82) is 0 Å². The highest BCUT2D eigenvalue weighted by Gasteiger charge is 2.11. The van der Waals surface area contributed by atoms with Crippen LogP contribution in [0.4, 0.5) is 0 Å². The molecule has 0 radical (unpaired) electrons. The van der Waals surface area contributed by atoms with Crippen molar-refractivity contribution in [1.82, 2.24) is 4.72 Å². The minimum absolute atomic E-state index is 0.335. The van der Waals surface area contributed by atoms with E-state index in [0.717, 1.165) is 16.4 Å². The van der Waals surface area contributed by atoms with Crippen LogP contribution < -0.4 is 4.72 Å². The molecule has 0 aliphatic carbocycles. The third-order valence-corrected chi connectivity index (χ3v) is 4.17. The fourth-order valence-corrected chi connectivity index (χ4v) is 2.53. The van der Waals surface area contributed by atoms with Crippen LogP contribution >= 0.6 is 22.6 Å². The second-order valence-corrected chi connectivity index (χ2v) is 6.10. The van der Waals surface area contributed by atoms with Gasteiger partial charge in [-0.15, -0.1) is 0 Å². The van der Waals surface area contributed by atoms with Gasteiger partial charge in [-0.2, -0.15) is 0 Å². The Bertz CT molecular complexity index is 400. The Hall–Kier alpha value is -0.140. The lowest BCUT2D eigenvalue weighted by molar-refractivity contribution is 0.581. The molecule has 0 aliphatic rings. The number of hydrogen-bond donors (Lipinski definition) is 1. The molecule has 0 unspecified atom stereocenters. The second kappa shape index (κ2) is 5.81. The lowest BCUT2D eigenvalue weighted by Crippen LogP contribution is -2.24. The summed E-state index contributed by atoms with van der Waals surface area (Å²) in [7, 11) is -3.30. The Morgan fingerprint density at radius 1 is 1.27 bits per heavy atom. The van der Waals surface area contributed by atoms with E-state index < -0.39 is 10.0 Å². The molecule has 84 valence electrons. The van der Waals surface area contributed by atoms with Gasteiger partial charge >= 0.3 is 0 Å². The van der Waals surface area contributed by atoms with Crippen molar-refractivity contribution < 1.29 is 8.42 Å². The van der Waals surface area contributed by atoms with E-state index in [4.69, 9.17) is 0 Å². The van der Waals surface area contributed by atoms with Crippen LogP contribution in [-0.4, -0.2) is 19.4 Å². The zero-order valence-corrected chi connectivity index (χ0v) is 11.5. The molecular weight excluding hydrogens is 325 g/mol. The molecule has 0 saturated carbocycles. The molecule has 0 heterocycles. The van der Waals surface area contributed by atoms with E-state index >= 15 is 0 Å². The first kappa shape index (κ1) is 12.9. The van der Waals surface area contributed by atoms with E-state index in [1.165, 1.54) is 0 Å². The average molecular weight is 339 g/mol. The first-order valence-corrected chi connectivity index (χ1v) is 7.69. The third-order valence-electron chi connectivity index (χ3n) is 1.93. The van der Waals surface area contributed by atoms with E-state index in [9.17, 15) is 8.42 Å². The van der Waals surface area contributed by atoms with E-state index in [0.29, 0.717) is 11.4 Å². The highest BCUT2D eigenvalue weighted by Crippen LogP contribution is 2.09. The molecule has 1 aromatic rings. The zero-order valence-electron chi connectivity index (χ0n) is 8.53. The van der Waals surface area contributed by atoms with Gasteiger partial charge in [0.05, 0.1) is 4.90 Å². The third kappa shape index (κ3) is 4.08.